The zero-order chi connectivity index (χ0) is 16.5. The lowest BCUT2D eigenvalue weighted by molar-refractivity contribution is -0.384. The van der Waals surface area contributed by atoms with Gasteiger partial charge in [-0.2, -0.15) is 0 Å². The molecule has 0 saturated heterocycles. The first-order valence-corrected chi connectivity index (χ1v) is 7.01. The van der Waals surface area contributed by atoms with Crippen LogP contribution in [0.25, 0.3) is 6.08 Å². The largest absolute Gasteiger partial charge is 0.445 e. The van der Waals surface area contributed by atoms with Crippen molar-refractivity contribution in [2.24, 2.45) is 0 Å². The first-order chi connectivity index (χ1) is 11.1. The molecule has 0 fully saturated rings. The number of hydrogen-bond acceptors (Lipinski definition) is 4. The molecule has 0 atom stereocenters. The molecule has 6 nitrogen and oxygen atoms in total. The number of carbonyl (C=O) groups is 1. The number of nitro groups is 1. The molecule has 0 aliphatic heterocycles. The van der Waals surface area contributed by atoms with E-state index in [1.54, 1.807) is 24.3 Å². The Labute approximate surface area is 133 Å². The Bertz CT molecular complexity index is 681. The van der Waals surface area contributed by atoms with E-state index in [1.807, 2.05) is 30.3 Å². The number of carbonyl (C=O) groups excluding carboxylic acids is 1. The Morgan fingerprint density at radius 2 is 1.83 bits per heavy atom. The average molecular weight is 312 g/mol. The highest BCUT2D eigenvalue weighted by atomic mass is 16.6. The highest BCUT2D eigenvalue weighted by Crippen LogP contribution is 2.12. The van der Waals surface area contributed by atoms with Crippen LogP contribution in [0, 0.1) is 10.1 Å². The fourth-order valence-corrected chi connectivity index (χ4v) is 1.82. The van der Waals surface area contributed by atoms with E-state index in [-0.39, 0.29) is 12.3 Å². The maximum Gasteiger partial charge on any atom is 0.407 e. The zero-order valence-corrected chi connectivity index (χ0v) is 12.3. The van der Waals surface area contributed by atoms with Gasteiger partial charge in [0.05, 0.1) is 4.92 Å². The lowest BCUT2D eigenvalue weighted by atomic mass is 10.2. The molecular weight excluding hydrogens is 296 g/mol. The highest BCUT2D eigenvalue weighted by molar-refractivity contribution is 5.67. The number of ether oxygens (including phenoxy) is 1. The van der Waals surface area contributed by atoms with Crippen LogP contribution in [-0.4, -0.2) is 17.6 Å². The Morgan fingerprint density at radius 3 is 2.48 bits per heavy atom. The highest BCUT2D eigenvalue weighted by Gasteiger charge is 2.02. The van der Waals surface area contributed by atoms with Gasteiger partial charge in [-0.25, -0.2) is 4.79 Å². The number of hydrogen-bond donors (Lipinski definition) is 1. The van der Waals surface area contributed by atoms with Crippen LogP contribution in [0.2, 0.25) is 0 Å². The number of nitrogens with zero attached hydrogens (tertiary/aromatic N) is 1. The first kappa shape index (κ1) is 16.2. The molecular formula is C17H16N2O4. The van der Waals surface area contributed by atoms with Crippen molar-refractivity contribution in [3.63, 3.8) is 0 Å². The van der Waals surface area contributed by atoms with Gasteiger partial charge < -0.3 is 10.1 Å². The van der Waals surface area contributed by atoms with E-state index >= 15 is 0 Å². The van der Waals surface area contributed by atoms with Gasteiger partial charge in [-0.1, -0.05) is 42.5 Å². The van der Waals surface area contributed by atoms with Crippen LogP contribution in [0.5, 0.6) is 0 Å². The van der Waals surface area contributed by atoms with Crippen molar-refractivity contribution in [3.8, 4) is 0 Å². The molecule has 23 heavy (non-hydrogen) atoms. The molecule has 0 heterocycles. The number of non-ortho nitro benzene ring substituents is 1. The van der Waals surface area contributed by atoms with Crippen molar-refractivity contribution in [2.75, 3.05) is 6.54 Å². The number of amides is 1. The van der Waals surface area contributed by atoms with Crippen LogP contribution in [0.4, 0.5) is 10.5 Å². The summed E-state index contributed by atoms with van der Waals surface area (Å²) in [4.78, 5) is 21.6. The van der Waals surface area contributed by atoms with Gasteiger partial charge in [0.15, 0.2) is 0 Å². The first-order valence-electron chi connectivity index (χ1n) is 7.01. The van der Waals surface area contributed by atoms with E-state index in [2.05, 4.69) is 5.32 Å². The molecule has 0 saturated carbocycles. The molecule has 0 unspecified atom stereocenters. The van der Waals surface area contributed by atoms with Crippen molar-refractivity contribution in [1.82, 2.24) is 5.32 Å². The van der Waals surface area contributed by atoms with Gasteiger partial charge >= 0.3 is 6.09 Å². The van der Waals surface area contributed by atoms with Crippen molar-refractivity contribution in [3.05, 3.63) is 81.9 Å². The quantitative estimate of drug-likeness (QED) is 0.653. The molecule has 0 aromatic heterocycles. The van der Waals surface area contributed by atoms with E-state index in [1.165, 1.54) is 12.1 Å². The number of rotatable bonds is 6. The van der Waals surface area contributed by atoms with E-state index in [4.69, 9.17) is 4.74 Å². The molecule has 2 aromatic rings. The molecule has 0 spiro atoms. The molecule has 1 amide bonds. The molecule has 1 N–H and O–H groups in total. The molecule has 0 aliphatic carbocycles. The van der Waals surface area contributed by atoms with Crippen LogP contribution in [0.15, 0.2) is 60.7 Å². The summed E-state index contributed by atoms with van der Waals surface area (Å²) in [7, 11) is 0. The summed E-state index contributed by atoms with van der Waals surface area (Å²) < 4.78 is 5.06. The summed E-state index contributed by atoms with van der Waals surface area (Å²) in [6.45, 7) is 0.531. The van der Waals surface area contributed by atoms with Gasteiger partial charge in [0.25, 0.3) is 5.69 Å². The van der Waals surface area contributed by atoms with E-state index in [0.29, 0.717) is 6.54 Å². The summed E-state index contributed by atoms with van der Waals surface area (Å²) in [5, 5.41) is 13.1. The Morgan fingerprint density at radius 1 is 1.13 bits per heavy atom. The number of nitro benzene ring substituents is 1. The maximum absolute atomic E-state index is 11.5. The Balaban J connectivity index is 1.71. The van der Waals surface area contributed by atoms with E-state index in [0.717, 1.165) is 11.1 Å². The third kappa shape index (κ3) is 5.62. The van der Waals surface area contributed by atoms with Crippen molar-refractivity contribution < 1.29 is 14.5 Å². The SMILES string of the molecule is O=C(NCC=Cc1ccc([N+](=O)[O-])cc1)OCc1ccccc1. The third-order valence-electron chi connectivity index (χ3n) is 2.99. The van der Waals surface area contributed by atoms with E-state index < -0.39 is 11.0 Å². The number of benzene rings is 2. The Hall–Kier alpha value is -3.15. The van der Waals surface area contributed by atoms with Gasteiger partial charge in [-0.3, -0.25) is 10.1 Å². The zero-order valence-electron chi connectivity index (χ0n) is 12.3. The van der Waals surface area contributed by atoms with Gasteiger partial charge in [0.2, 0.25) is 0 Å². The van der Waals surface area contributed by atoms with Gasteiger partial charge in [0.1, 0.15) is 6.61 Å². The second-order valence-corrected chi connectivity index (χ2v) is 4.69. The fourth-order valence-electron chi connectivity index (χ4n) is 1.82. The van der Waals surface area contributed by atoms with Gasteiger partial charge in [-0.15, -0.1) is 0 Å². The minimum absolute atomic E-state index is 0.0461. The smallest absolute Gasteiger partial charge is 0.407 e. The van der Waals surface area contributed by atoms with Gasteiger partial charge in [-0.05, 0) is 23.3 Å². The standard InChI is InChI=1S/C17H16N2O4/c20-17(23-13-15-5-2-1-3-6-15)18-12-4-7-14-8-10-16(11-9-14)19(21)22/h1-11H,12-13H2,(H,18,20). The Kier molecular flexibility index (Phi) is 5.88. The predicted molar refractivity (Wildman–Crippen MR) is 86.8 cm³/mol. The monoisotopic (exact) mass is 312 g/mol. The summed E-state index contributed by atoms with van der Waals surface area (Å²) in [6.07, 6.45) is 3.01. The second-order valence-electron chi connectivity index (χ2n) is 4.69. The molecule has 118 valence electrons. The molecule has 2 aromatic carbocycles. The third-order valence-corrected chi connectivity index (χ3v) is 2.99. The van der Waals surface area contributed by atoms with Crippen LogP contribution >= 0.6 is 0 Å². The number of nitrogens with one attached hydrogen (secondary N) is 1. The predicted octanol–water partition coefficient (Wildman–Crippen LogP) is 3.53. The normalized spacial score (nSPS) is 10.4. The van der Waals surface area contributed by atoms with Crippen LogP contribution in [-0.2, 0) is 11.3 Å². The number of alkyl carbamates (subject to hydrolysis) is 1. The summed E-state index contributed by atoms with van der Waals surface area (Å²) in [5.74, 6) is 0. The minimum Gasteiger partial charge on any atom is -0.445 e. The molecule has 6 heteroatoms. The summed E-state index contributed by atoms with van der Waals surface area (Å²) in [6, 6.07) is 15.6. The topological polar surface area (TPSA) is 81.5 Å². The molecule has 0 radical (unpaired) electrons. The second kappa shape index (κ2) is 8.33. The van der Waals surface area contributed by atoms with Gasteiger partial charge in [0, 0.05) is 18.7 Å². The van der Waals surface area contributed by atoms with Crippen molar-refractivity contribution in [2.45, 2.75) is 6.61 Å². The molecule has 2 rings (SSSR count). The summed E-state index contributed by atoms with van der Waals surface area (Å²) in [5.41, 5.74) is 1.78. The fraction of sp³-hybridized carbons (Fsp3) is 0.118. The lowest BCUT2D eigenvalue weighted by Crippen LogP contribution is -2.24. The van der Waals surface area contributed by atoms with E-state index in [9.17, 15) is 14.9 Å². The van der Waals surface area contributed by atoms with Crippen LogP contribution < -0.4 is 5.32 Å². The molecule has 0 bridgehead atoms. The van der Waals surface area contributed by atoms with Crippen LogP contribution in [0.1, 0.15) is 11.1 Å². The van der Waals surface area contributed by atoms with Crippen molar-refractivity contribution in [1.29, 1.82) is 0 Å². The maximum atomic E-state index is 11.5. The minimum atomic E-state index is -0.498. The van der Waals surface area contributed by atoms with Crippen molar-refractivity contribution >= 4 is 17.9 Å². The molecule has 0 aliphatic rings. The average Bonchev–Trinajstić information content (AvgIpc) is 2.58. The summed E-state index contributed by atoms with van der Waals surface area (Å²) >= 11 is 0. The lowest BCUT2D eigenvalue weighted by Gasteiger charge is -2.05. The van der Waals surface area contributed by atoms with Crippen LogP contribution in [0.3, 0.4) is 0 Å².